The van der Waals surface area contributed by atoms with Gasteiger partial charge in [0.15, 0.2) is 0 Å². The molecule has 7 heteroatoms. The topological polar surface area (TPSA) is 78.5 Å². The second kappa shape index (κ2) is 8.77. The van der Waals surface area contributed by atoms with Crippen molar-refractivity contribution in [3.63, 3.8) is 0 Å². The van der Waals surface area contributed by atoms with Crippen molar-refractivity contribution >= 4 is 17.7 Å². The number of fused-ring (bicyclic) bond motifs is 1. The van der Waals surface area contributed by atoms with Gasteiger partial charge in [-0.15, -0.1) is 11.8 Å². The van der Waals surface area contributed by atoms with Crippen LogP contribution in [0.4, 0.5) is 0 Å². The molecule has 1 aliphatic heterocycles. The number of carbonyl (C=O) groups excluding carboxylic acids is 1. The molecule has 2 heterocycles. The Kier molecular flexibility index (Phi) is 6.07. The number of thioether (sulfide) groups is 1. The van der Waals surface area contributed by atoms with Crippen molar-refractivity contribution in [2.24, 2.45) is 0 Å². The van der Waals surface area contributed by atoms with Gasteiger partial charge in [0, 0.05) is 36.3 Å². The number of hydrogen-bond donors (Lipinski definition) is 2. The summed E-state index contributed by atoms with van der Waals surface area (Å²) in [5.41, 5.74) is 5.66. The standard InChI is InChI=1S/C24H27N3O3S/c1-14-12-18(19(28)13-15(14)2)21-20-22(26-25-21)24(29)27(10-5-11-30-3)23(20)16-6-8-17(31-4)9-7-16/h6-9,12-13,23,28H,5,10-11H2,1-4H3,(H,25,26)/t23-/m0/s1. The summed E-state index contributed by atoms with van der Waals surface area (Å²) >= 11 is 1.68. The van der Waals surface area contributed by atoms with E-state index in [1.165, 1.54) is 4.90 Å². The Morgan fingerprint density at radius 2 is 1.90 bits per heavy atom. The lowest BCUT2D eigenvalue weighted by Gasteiger charge is -2.26. The molecule has 0 spiro atoms. The van der Waals surface area contributed by atoms with E-state index in [2.05, 4.69) is 34.5 Å². The normalized spacial score (nSPS) is 15.5. The first kappa shape index (κ1) is 21.5. The van der Waals surface area contributed by atoms with Crippen molar-refractivity contribution in [1.82, 2.24) is 15.1 Å². The van der Waals surface area contributed by atoms with Crippen LogP contribution in [0.3, 0.4) is 0 Å². The number of amides is 1. The molecule has 1 aromatic heterocycles. The summed E-state index contributed by atoms with van der Waals surface area (Å²) in [5, 5.41) is 18.1. The highest BCUT2D eigenvalue weighted by Gasteiger charge is 2.42. The lowest BCUT2D eigenvalue weighted by molar-refractivity contribution is 0.0723. The predicted octanol–water partition coefficient (Wildman–Crippen LogP) is 4.70. The van der Waals surface area contributed by atoms with E-state index in [0.717, 1.165) is 28.7 Å². The SMILES string of the molecule is COCCCN1C(=O)c2[nH]nc(-c3cc(C)c(C)cc3O)c2[C@@H]1c1ccc(SC)cc1. The Bertz CT molecular complexity index is 1110. The first-order valence-corrected chi connectivity index (χ1v) is 11.5. The summed E-state index contributed by atoms with van der Waals surface area (Å²) in [5.74, 6) is 0.0892. The molecule has 0 saturated heterocycles. The number of aryl methyl sites for hydroxylation is 2. The van der Waals surface area contributed by atoms with Crippen molar-refractivity contribution in [3.05, 3.63) is 64.3 Å². The fourth-order valence-electron chi connectivity index (χ4n) is 4.14. The van der Waals surface area contributed by atoms with E-state index in [-0.39, 0.29) is 17.7 Å². The number of H-pyrrole nitrogens is 1. The number of hydrogen-bond acceptors (Lipinski definition) is 5. The molecule has 0 saturated carbocycles. The van der Waals surface area contributed by atoms with Gasteiger partial charge in [-0.25, -0.2) is 0 Å². The van der Waals surface area contributed by atoms with Crippen LogP contribution in [-0.4, -0.2) is 52.6 Å². The van der Waals surface area contributed by atoms with E-state index in [1.807, 2.05) is 31.1 Å². The van der Waals surface area contributed by atoms with Gasteiger partial charge in [-0.3, -0.25) is 9.89 Å². The van der Waals surface area contributed by atoms with Gasteiger partial charge >= 0.3 is 0 Å². The van der Waals surface area contributed by atoms with E-state index in [1.54, 1.807) is 24.9 Å². The monoisotopic (exact) mass is 437 g/mol. The highest BCUT2D eigenvalue weighted by molar-refractivity contribution is 7.98. The summed E-state index contributed by atoms with van der Waals surface area (Å²) in [4.78, 5) is 16.3. The molecule has 0 unspecified atom stereocenters. The summed E-state index contributed by atoms with van der Waals surface area (Å²) < 4.78 is 5.21. The molecule has 1 amide bonds. The van der Waals surface area contributed by atoms with Crippen LogP contribution < -0.4 is 0 Å². The van der Waals surface area contributed by atoms with Crippen molar-refractivity contribution in [2.45, 2.75) is 31.2 Å². The molecule has 4 rings (SSSR count). The fourth-order valence-corrected chi connectivity index (χ4v) is 4.54. The van der Waals surface area contributed by atoms with E-state index in [4.69, 9.17) is 4.74 Å². The number of rotatable bonds is 7. The van der Waals surface area contributed by atoms with Gasteiger partial charge < -0.3 is 14.7 Å². The molecule has 3 aromatic rings. The molecule has 2 N–H and O–H groups in total. The molecular formula is C24H27N3O3S. The number of nitrogens with one attached hydrogen (secondary N) is 1. The maximum atomic E-state index is 13.3. The third-order valence-corrected chi connectivity index (χ3v) is 6.65. The van der Waals surface area contributed by atoms with Crippen LogP contribution in [0.1, 0.15) is 45.2 Å². The number of methoxy groups -OCH3 is 1. The van der Waals surface area contributed by atoms with Crippen molar-refractivity contribution < 1.29 is 14.6 Å². The van der Waals surface area contributed by atoms with E-state index in [0.29, 0.717) is 30.1 Å². The number of phenols is 1. The van der Waals surface area contributed by atoms with Crippen LogP contribution in [0.15, 0.2) is 41.3 Å². The zero-order chi connectivity index (χ0) is 22.1. The molecule has 31 heavy (non-hydrogen) atoms. The Morgan fingerprint density at radius 1 is 1.19 bits per heavy atom. The Balaban J connectivity index is 1.84. The molecule has 0 bridgehead atoms. The van der Waals surface area contributed by atoms with Gasteiger partial charge in [-0.05, 0) is 67.5 Å². The van der Waals surface area contributed by atoms with E-state index in [9.17, 15) is 9.90 Å². The minimum atomic E-state index is -0.273. The summed E-state index contributed by atoms with van der Waals surface area (Å²) in [6.07, 6.45) is 2.78. The number of benzene rings is 2. The number of aromatic amines is 1. The number of aromatic nitrogens is 2. The van der Waals surface area contributed by atoms with Crippen LogP contribution in [0, 0.1) is 13.8 Å². The summed E-state index contributed by atoms with van der Waals surface area (Å²) in [6.45, 7) is 5.12. The van der Waals surface area contributed by atoms with Gasteiger partial charge in [-0.2, -0.15) is 5.10 Å². The highest BCUT2D eigenvalue weighted by atomic mass is 32.2. The maximum Gasteiger partial charge on any atom is 0.273 e. The Hall–Kier alpha value is -2.77. The quantitative estimate of drug-likeness (QED) is 0.414. The van der Waals surface area contributed by atoms with Crippen molar-refractivity contribution in [2.75, 3.05) is 26.5 Å². The number of aromatic hydroxyl groups is 1. The predicted molar refractivity (Wildman–Crippen MR) is 123 cm³/mol. The molecular weight excluding hydrogens is 410 g/mol. The molecule has 0 fully saturated rings. The largest absolute Gasteiger partial charge is 0.507 e. The Labute approximate surface area is 186 Å². The van der Waals surface area contributed by atoms with Crippen LogP contribution in [0.5, 0.6) is 5.75 Å². The molecule has 1 aliphatic rings. The molecule has 6 nitrogen and oxygen atoms in total. The average Bonchev–Trinajstić information content (AvgIpc) is 3.30. The first-order chi connectivity index (χ1) is 15.0. The summed E-state index contributed by atoms with van der Waals surface area (Å²) in [6, 6.07) is 11.7. The number of phenolic OH excluding ortho intramolecular Hbond substituents is 1. The number of carbonyl (C=O) groups is 1. The van der Waals surface area contributed by atoms with Gasteiger partial charge in [-0.1, -0.05) is 12.1 Å². The third-order valence-electron chi connectivity index (χ3n) is 5.91. The second-order valence-corrected chi connectivity index (χ2v) is 8.71. The lowest BCUT2D eigenvalue weighted by atomic mass is 9.94. The van der Waals surface area contributed by atoms with Crippen molar-refractivity contribution in [1.29, 1.82) is 0 Å². The maximum absolute atomic E-state index is 13.3. The highest BCUT2D eigenvalue weighted by Crippen LogP contribution is 2.45. The lowest BCUT2D eigenvalue weighted by Crippen LogP contribution is -2.31. The van der Waals surface area contributed by atoms with Gasteiger partial charge in [0.05, 0.1) is 6.04 Å². The minimum absolute atomic E-state index is 0.0767. The van der Waals surface area contributed by atoms with Gasteiger partial charge in [0.1, 0.15) is 17.1 Å². The van der Waals surface area contributed by atoms with Gasteiger partial charge in [0.25, 0.3) is 5.91 Å². The van der Waals surface area contributed by atoms with Gasteiger partial charge in [0.2, 0.25) is 0 Å². The number of ether oxygens (including phenoxy) is 1. The zero-order valence-corrected chi connectivity index (χ0v) is 19.0. The van der Waals surface area contributed by atoms with Crippen LogP contribution in [0.25, 0.3) is 11.3 Å². The fraction of sp³-hybridized carbons (Fsp3) is 0.333. The second-order valence-electron chi connectivity index (χ2n) is 7.84. The molecule has 2 aromatic carbocycles. The zero-order valence-electron chi connectivity index (χ0n) is 18.2. The smallest absolute Gasteiger partial charge is 0.273 e. The van der Waals surface area contributed by atoms with E-state index >= 15 is 0 Å². The van der Waals surface area contributed by atoms with Crippen LogP contribution in [-0.2, 0) is 4.74 Å². The summed E-state index contributed by atoms with van der Waals surface area (Å²) in [7, 11) is 1.66. The first-order valence-electron chi connectivity index (χ1n) is 10.3. The molecule has 0 aliphatic carbocycles. The molecule has 162 valence electrons. The molecule has 1 atom stereocenters. The third kappa shape index (κ3) is 3.83. The van der Waals surface area contributed by atoms with Crippen molar-refractivity contribution in [3.8, 4) is 17.0 Å². The van der Waals surface area contributed by atoms with Crippen LogP contribution in [0.2, 0.25) is 0 Å². The van der Waals surface area contributed by atoms with Crippen LogP contribution >= 0.6 is 11.8 Å². The Morgan fingerprint density at radius 3 is 2.58 bits per heavy atom. The average molecular weight is 438 g/mol. The number of nitrogens with zero attached hydrogens (tertiary/aromatic N) is 2. The molecule has 0 radical (unpaired) electrons. The van der Waals surface area contributed by atoms with E-state index < -0.39 is 0 Å². The minimum Gasteiger partial charge on any atom is -0.507 e.